The van der Waals surface area contributed by atoms with Gasteiger partial charge in [0, 0.05) is 11.1 Å². The van der Waals surface area contributed by atoms with Crippen LogP contribution in [0, 0.1) is 5.82 Å². The fourth-order valence-corrected chi connectivity index (χ4v) is 3.22. The van der Waals surface area contributed by atoms with Crippen LogP contribution in [-0.4, -0.2) is 29.3 Å². The van der Waals surface area contributed by atoms with E-state index in [1.165, 1.54) is 28.6 Å². The average Bonchev–Trinajstić information content (AvgIpc) is 2.91. The van der Waals surface area contributed by atoms with Gasteiger partial charge in [0.1, 0.15) is 23.6 Å². The van der Waals surface area contributed by atoms with Crippen LogP contribution in [0.15, 0.2) is 24.3 Å². The van der Waals surface area contributed by atoms with Crippen LogP contribution in [-0.2, 0) is 9.53 Å². The molecule has 0 unspecified atom stereocenters. The summed E-state index contributed by atoms with van der Waals surface area (Å²) in [6, 6.07) is 5.96. The summed E-state index contributed by atoms with van der Waals surface area (Å²) in [4.78, 5) is 23.2. The molecule has 2 amide bonds. The van der Waals surface area contributed by atoms with Crippen LogP contribution >= 0.6 is 12.1 Å². The van der Waals surface area contributed by atoms with Crippen LogP contribution in [0.4, 0.5) is 20.6 Å². The van der Waals surface area contributed by atoms with Crippen molar-refractivity contribution in [2.45, 2.75) is 26.4 Å². The maximum absolute atomic E-state index is 14.9. The summed E-state index contributed by atoms with van der Waals surface area (Å²) in [7, 11) is 0. The molecule has 0 bridgehead atoms. The Morgan fingerprint density at radius 3 is 2.73 bits per heavy atom. The molecule has 0 spiro atoms. The Morgan fingerprint density at radius 1 is 1.38 bits per heavy atom. The summed E-state index contributed by atoms with van der Waals surface area (Å²) in [6.45, 7) is 5.19. The van der Waals surface area contributed by atoms with Gasteiger partial charge in [-0.2, -0.15) is 0 Å². The van der Waals surface area contributed by atoms with Crippen molar-refractivity contribution in [1.82, 2.24) is 4.72 Å². The zero-order chi connectivity index (χ0) is 19.1. The highest BCUT2D eigenvalue weighted by molar-refractivity contribution is 7.99. The molecule has 26 heavy (non-hydrogen) atoms. The molecule has 1 saturated heterocycles. The van der Waals surface area contributed by atoms with Crippen LogP contribution < -0.4 is 14.3 Å². The van der Waals surface area contributed by atoms with Gasteiger partial charge in [-0.15, -0.1) is 0 Å². The highest BCUT2D eigenvalue weighted by Gasteiger charge is 2.27. The quantitative estimate of drug-likeness (QED) is 0.692. The maximum atomic E-state index is 14.9. The van der Waals surface area contributed by atoms with Gasteiger partial charge < -0.3 is 9.84 Å². The zero-order valence-electron chi connectivity index (χ0n) is 14.4. The molecule has 0 saturated carbocycles. The summed E-state index contributed by atoms with van der Waals surface area (Å²) in [6.07, 6.45) is -0.629. The third-order valence-electron chi connectivity index (χ3n) is 3.48. The number of halogens is 1. The molecule has 1 aliphatic heterocycles. The minimum absolute atomic E-state index is 0.0566. The Hall–Kier alpha value is -2.68. The highest BCUT2D eigenvalue weighted by Crippen LogP contribution is 2.40. The van der Waals surface area contributed by atoms with Gasteiger partial charge in [-0.3, -0.25) is 19.1 Å². The number of carbonyl (C=O) groups excluding carboxylic acids is 2. The molecular weight excluding hydrogens is 361 g/mol. The third-order valence-corrected chi connectivity index (χ3v) is 4.33. The number of fused-ring (bicyclic) bond motifs is 1. The number of hydrogen-bond acceptors (Lipinski definition) is 6. The number of carbonyl (C=O) groups is 2. The number of ether oxygens (including phenoxy) is 1. The minimum Gasteiger partial charge on any atom is -0.506 e. The zero-order valence-corrected chi connectivity index (χ0v) is 15.2. The van der Waals surface area contributed by atoms with Gasteiger partial charge in [0.25, 0.3) is 5.91 Å². The number of phenols is 1. The van der Waals surface area contributed by atoms with E-state index in [9.17, 15) is 19.1 Å². The van der Waals surface area contributed by atoms with Crippen molar-refractivity contribution in [3.63, 3.8) is 0 Å². The second-order valence-electron chi connectivity index (χ2n) is 6.77. The largest absolute Gasteiger partial charge is 0.506 e. The molecule has 0 aromatic heterocycles. The number of rotatable bonds is 2. The first-order chi connectivity index (χ1) is 12.1. The lowest BCUT2D eigenvalue weighted by atomic mass is 10.1. The Labute approximate surface area is 153 Å². The predicted molar refractivity (Wildman–Crippen MR) is 98.5 cm³/mol. The SMILES string of the molecule is CC(C)(C)OC(=O)Nc1ccc2c(F)c(N3CC(=O)NS3)c(O)cc2c1. The van der Waals surface area contributed by atoms with E-state index in [0.29, 0.717) is 11.1 Å². The molecule has 138 valence electrons. The molecule has 0 aliphatic carbocycles. The van der Waals surface area contributed by atoms with E-state index in [0.717, 1.165) is 12.1 Å². The molecule has 7 nitrogen and oxygen atoms in total. The first-order valence-electron chi connectivity index (χ1n) is 7.82. The Kier molecular flexibility index (Phi) is 4.57. The van der Waals surface area contributed by atoms with E-state index < -0.39 is 17.5 Å². The van der Waals surface area contributed by atoms with Crippen LogP contribution in [0.1, 0.15) is 20.8 Å². The fourth-order valence-electron chi connectivity index (χ4n) is 2.50. The van der Waals surface area contributed by atoms with E-state index in [2.05, 4.69) is 10.0 Å². The van der Waals surface area contributed by atoms with Crippen molar-refractivity contribution >= 4 is 46.3 Å². The van der Waals surface area contributed by atoms with Gasteiger partial charge in [0.2, 0.25) is 0 Å². The van der Waals surface area contributed by atoms with Crippen molar-refractivity contribution in [2.24, 2.45) is 0 Å². The minimum atomic E-state index is -0.646. The summed E-state index contributed by atoms with van der Waals surface area (Å²) < 4.78 is 23.9. The lowest BCUT2D eigenvalue weighted by Crippen LogP contribution is -2.27. The smallest absolute Gasteiger partial charge is 0.412 e. The number of nitrogens with zero attached hydrogens (tertiary/aromatic N) is 1. The van der Waals surface area contributed by atoms with Gasteiger partial charge in [-0.05, 0) is 50.4 Å². The number of aromatic hydroxyl groups is 1. The van der Waals surface area contributed by atoms with Crippen LogP contribution in [0.25, 0.3) is 10.8 Å². The third kappa shape index (κ3) is 3.77. The summed E-state index contributed by atoms with van der Waals surface area (Å²) in [5.41, 5.74) is -0.293. The molecule has 0 atom stereocenters. The number of benzene rings is 2. The van der Waals surface area contributed by atoms with Crippen LogP contribution in [0.5, 0.6) is 5.75 Å². The van der Waals surface area contributed by atoms with Gasteiger partial charge in [-0.1, -0.05) is 0 Å². The molecule has 2 aromatic rings. The van der Waals surface area contributed by atoms with Crippen LogP contribution in [0.2, 0.25) is 0 Å². The van der Waals surface area contributed by atoms with Gasteiger partial charge in [-0.25, -0.2) is 9.18 Å². The molecule has 3 rings (SSSR count). The second-order valence-corrected chi connectivity index (χ2v) is 7.60. The standard InChI is InChI=1S/C17H18FN3O4S/c1-17(2,3)25-16(24)19-10-4-5-11-9(6-10)7-12(22)15(14(11)18)21-8-13(23)20-26-21/h4-7,22H,8H2,1-3H3,(H,19,24)(H,20,23). The summed E-state index contributed by atoms with van der Waals surface area (Å²) in [5, 5.41) is 13.4. The molecule has 1 heterocycles. The van der Waals surface area contributed by atoms with Crippen molar-refractivity contribution < 1.29 is 23.8 Å². The van der Waals surface area contributed by atoms with E-state index in [-0.39, 0.29) is 29.3 Å². The normalized spacial score (nSPS) is 14.5. The number of nitrogens with one attached hydrogen (secondary N) is 2. The number of amides is 2. The average molecular weight is 379 g/mol. The summed E-state index contributed by atoms with van der Waals surface area (Å²) in [5.74, 6) is -1.22. The first-order valence-corrected chi connectivity index (χ1v) is 8.60. The number of phenolic OH excluding ortho intramolecular Hbond substituents is 1. The molecule has 0 radical (unpaired) electrons. The summed E-state index contributed by atoms with van der Waals surface area (Å²) >= 11 is 0.918. The monoisotopic (exact) mass is 379 g/mol. The lowest BCUT2D eigenvalue weighted by molar-refractivity contribution is -0.117. The maximum Gasteiger partial charge on any atom is 0.412 e. The molecule has 1 aliphatic rings. The molecular formula is C17H18FN3O4S. The number of hydrogen-bond donors (Lipinski definition) is 3. The number of anilines is 2. The topological polar surface area (TPSA) is 90.9 Å². The van der Waals surface area contributed by atoms with Crippen molar-refractivity contribution in [3.8, 4) is 5.75 Å². The van der Waals surface area contributed by atoms with Crippen LogP contribution in [0.3, 0.4) is 0 Å². The Balaban J connectivity index is 1.91. The van der Waals surface area contributed by atoms with Gasteiger partial charge >= 0.3 is 6.09 Å². The predicted octanol–water partition coefficient (Wildman–Crippen LogP) is 3.53. The van der Waals surface area contributed by atoms with E-state index in [4.69, 9.17) is 4.74 Å². The van der Waals surface area contributed by atoms with Crippen molar-refractivity contribution in [3.05, 3.63) is 30.1 Å². The molecule has 2 aromatic carbocycles. The van der Waals surface area contributed by atoms with Crippen molar-refractivity contribution in [1.29, 1.82) is 0 Å². The molecule has 1 fully saturated rings. The molecule has 9 heteroatoms. The van der Waals surface area contributed by atoms with E-state index >= 15 is 0 Å². The first kappa shape index (κ1) is 18.1. The Morgan fingerprint density at radius 2 is 2.12 bits per heavy atom. The highest BCUT2D eigenvalue weighted by atomic mass is 32.2. The van der Waals surface area contributed by atoms with E-state index in [1.54, 1.807) is 20.8 Å². The molecule has 3 N–H and O–H groups in total. The second kappa shape index (κ2) is 6.56. The fraction of sp³-hybridized carbons (Fsp3) is 0.294. The Bertz CT molecular complexity index is 898. The van der Waals surface area contributed by atoms with Gasteiger partial charge in [0.05, 0.1) is 12.1 Å². The van der Waals surface area contributed by atoms with Crippen molar-refractivity contribution in [2.75, 3.05) is 16.2 Å². The lowest BCUT2D eigenvalue weighted by Gasteiger charge is -2.20. The van der Waals surface area contributed by atoms with E-state index in [1.807, 2.05) is 0 Å². The van der Waals surface area contributed by atoms with Gasteiger partial charge in [0.15, 0.2) is 5.82 Å².